The molecule has 1 unspecified atom stereocenters. The quantitative estimate of drug-likeness (QED) is 0.466. The summed E-state index contributed by atoms with van der Waals surface area (Å²) in [6.07, 6.45) is -0.207. The highest BCUT2D eigenvalue weighted by atomic mass is 16.4. The van der Waals surface area contributed by atoms with E-state index in [1.807, 2.05) is 12.1 Å². The van der Waals surface area contributed by atoms with Crippen molar-refractivity contribution < 1.29 is 23.9 Å². The molecule has 0 aliphatic rings. The average Bonchev–Trinajstić information content (AvgIpc) is 2.76. The molecule has 1 heterocycles. The summed E-state index contributed by atoms with van der Waals surface area (Å²) in [7, 11) is 0. The van der Waals surface area contributed by atoms with Crippen LogP contribution >= 0.6 is 0 Å². The number of rotatable bonds is 8. The molecule has 1 atom stereocenters. The maximum atomic E-state index is 12.8. The summed E-state index contributed by atoms with van der Waals surface area (Å²) < 4.78 is 5.38. The van der Waals surface area contributed by atoms with Crippen molar-refractivity contribution in [3.05, 3.63) is 70.6 Å². The van der Waals surface area contributed by atoms with Gasteiger partial charge < -0.3 is 20.2 Å². The maximum Gasteiger partial charge on any atom is 0.344 e. The molecule has 3 rings (SSSR count). The number of aliphatic carboxylic acids is 1. The highest BCUT2D eigenvalue weighted by molar-refractivity contribution is 5.98. The molecule has 2 aromatic carbocycles. The number of carboxylic acid groups (broad SMARTS) is 1. The lowest BCUT2D eigenvalue weighted by Crippen LogP contribution is -2.50. The van der Waals surface area contributed by atoms with Crippen LogP contribution in [0.4, 0.5) is 0 Å². The van der Waals surface area contributed by atoms with Gasteiger partial charge in [-0.1, -0.05) is 44.2 Å². The third-order valence-electron chi connectivity index (χ3n) is 4.95. The Morgan fingerprint density at radius 3 is 2.50 bits per heavy atom. The Bertz CT molecular complexity index is 1210. The van der Waals surface area contributed by atoms with E-state index in [2.05, 4.69) is 10.6 Å². The SMILES string of the molecule is CC(C)C(NC(=O)c1cccc(-c2cc3ccccc3oc2=O)c1)C(=O)NCCC(=O)O. The Labute approximate surface area is 184 Å². The Morgan fingerprint density at radius 1 is 1.03 bits per heavy atom. The van der Waals surface area contributed by atoms with E-state index >= 15 is 0 Å². The first-order chi connectivity index (χ1) is 15.3. The fourth-order valence-electron chi connectivity index (χ4n) is 3.25. The van der Waals surface area contributed by atoms with Crippen molar-refractivity contribution in [3.8, 4) is 11.1 Å². The van der Waals surface area contributed by atoms with Gasteiger partial charge in [-0.15, -0.1) is 0 Å². The monoisotopic (exact) mass is 436 g/mol. The van der Waals surface area contributed by atoms with E-state index in [0.29, 0.717) is 16.7 Å². The molecular weight excluding hydrogens is 412 g/mol. The molecule has 0 spiro atoms. The van der Waals surface area contributed by atoms with E-state index in [1.165, 1.54) is 0 Å². The normalized spacial score (nSPS) is 11.8. The molecule has 0 saturated carbocycles. The van der Waals surface area contributed by atoms with Gasteiger partial charge in [0.1, 0.15) is 11.6 Å². The largest absolute Gasteiger partial charge is 0.481 e. The van der Waals surface area contributed by atoms with Crippen LogP contribution in [0.2, 0.25) is 0 Å². The number of fused-ring (bicyclic) bond motifs is 1. The lowest BCUT2D eigenvalue weighted by molar-refractivity contribution is -0.137. The molecule has 0 bridgehead atoms. The van der Waals surface area contributed by atoms with Crippen molar-refractivity contribution in [2.45, 2.75) is 26.3 Å². The minimum atomic E-state index is -1.02. The zero-order valence-corrected chi connectivity index (χ0v) is 17.8. The first kappa shape index (κ1) is 22.7. The third-order valence-corrected chi connectivity index (χ3v) is 4.95. The van der Waals surface area contributed by atoms with Crippen LogP contribution < -0.4 is 16.3 Å². The van der Waals surface area contributed by atoms with Crippen molar-refractivity contribution in [2.24, 2.45) is 5.92 Å². The lowest BCUT2D eigenvalue weighted by atomic mass is 10.0. The van der Waals surface area contributed by atoms with E-state index in [4.69, 9.17) is 9.52 Å². The number of benzene rings is 2. The van der Waals surface area contributed by atoms with Crippen LogP contribution in [0.5, 0.6) is 0 Å². The summed E-state index contributed by atoms with van der Waals surface area (Å²) in [4.78, 5) is 48.4. The number of hydrogen-bond acceptors (Lipinski definition) is 5. The molecule has 0 radical (unpaired) electrons. The number of nitrogens with one attached hydrogen (secondary N) is 2. The molecule has 166 valence electrons. The fraction of sp³-hybridized carbons (Fsp3) is 0.250. The maximum absolute atomic E-state index is 12.8. The van der Waals surface area contributed by atoms with E-state index in [-0.39, 0.29) is 24.4 Å². The summed E-state index contributed by atoms with van der Waals surface area (Å²) in [5.41, 5.74) is 1.08. The van der Waals surface area contributed by atoms with Gasteiger partial charge in [0, 0.05) is 17.5 Å². The molecule has 3 aromatic rings. The van der Waals surface area contributed by atoms with Crippen LogP contribution in [0, 0.1) is 5.92 Å². The van der Waals surface area contributed by atoms with Gasteiger partial charge in [0.15, 0.2) is 0 Å². The number of hydrogen-bond donors (Lipinski definition) is 3. The van der Waals surface area contributed by atoms with E-state index in [9.17, 15) is 19.2 Å². The molecule has 8 heteroatoms. The zero-order valence-electron chi connectivity index (χ0n) is 17.8. The minimum absolute atomic E-state index is 0.0273. The smallest absolute Gasteiger partial charge is 0.344 e. The van der Waals surface area contributed by atoms with Gasteiger partial charge in [0.05, 0.1) is 12.0 Å². The summed E-state index contributed by atoms with van der Waals surface area (Å²) in [5.74, 6) is -2.19. The van der Waals surface area contributed by atoms with E-state index in [0.717, 1.165) is 5.39 Å². The lowest BCUT2D eigenvalue weighted by Gasteiger charge is -2.21. The minimum Gasteiger partial charge on any atom is -0.481 e. The number of carboxylic acids is 1. The molecule has 2 amide bonds. The number of amides is 2. The van der Waals surface area contributed by atoms with Crippen molar-refractivity contribution in [1.82, 2.24) is 10.6 Å². The second-order valence-corrected chi connectivity index (χ2v) is 7.70. The Balaban J connectivity index is 1.81. The summed E-state index contributed by atoms with van der Waals surface area (Å²) >= 11 is 0. The number of para-hydroxylation sites is 1. The molecular formula is C24H24N2O6. The van der Waals surface area contributed by atoms with Gasteiger partial charge in [0.25, 0.3) is 5.91 Å². The van der Waals surface area contributed by atoms with Crippen LogP contribution in [-0.4, -0.2) is 35.5 Å². The van der Waals surface area contributed by atoms with E-state index in [1.54, 1.807) is 56.3 Å². The summed E-state index contributed by atoms with van der Waals surface area (Å²) in [6.45, 7) is 3.53. The second kappa shape index (κ2) is 9.91. The van der Waals surface area contributed by atoms with Crippen LogP contribution in [-0.2, 0) is 9.59 Å². The highest BCUT2D eigenvalue weighted by Gasteiger charge is 2.24. The first-order valence-corrected chi connectivity index (χ1v) is 10.2. The summed E-state index contributed by atoms with van der Waals surface area (Å²) in [5, 5.41) is 14.7. The molecule has 0 aliphatic heterocycles. The molecule has 1 aromatic heterocycles. The van der Waals surface area contributed by atoms with Crippen molar-refractivity contribution in [3.63, 3.8) is 0 Å². The highest BCUT2D eigenvalue weighted by Crippen LogP contribution is 2.22. The topological polar surface area (TPSA) is 126 Å². The van der Waals surface area contributed by atoms with Crippen LogP contribution in [0.25, 0.3) is 22.1 Å². The molecule has 0 saturated heterocycles. The van der Waals surface area contributed by atoms with Crippen LogP contribution in [0.3, 0.4) is 0 Å². The molecule has 32 heavy (non-hydrogen) atoms. The predicted molar refractivity (Wildman–Crippen MR) is 119 cm³/mol. The van der Waals surface area contributed by atoms with E-state index < -0.39 is 29.5 Å². The van der Waals surface area contributed by atoms with Gasteiger partial charge >= 0.3 is 11.6 Å². The van der Waals surface area contributed by atoms with Gasteiger partial charge in [-0.25, -0.2) is 4.79 Å². The molecule has 0 fully saturated rings. The third kappa shape index (κ3) is 5.40. The standard InChI is InChI=1S/C24H24N2O6/c1-14(2)21(23(30)25-11-10-20(27)28)26-22(29)17-8-5-7-15(12-17)18-13-16-6-3-4-9-19(16)32-24(18)31/h3-9,12-14,21H,10-11H2,1-2H3,(H,25,30)(H,26,29)(H,27,28). The summed E-state index contributed by atoms with van der Waals surface area (Å²) in [6, 6.07) is 14.5. The fourth-order valence-corrected chi connectivity index (χ4v) is 3.25. The first-order valence-electron chi connectivity index (χ1n) is 10.2. The van der Waals surface area contributed by atoms with Gasteiger partial charge in [-0.2, -0.15) is 0 Å². The molecule has 3 N–H and O–H groups in total. The molecule has 0 aliphatic carbocycles. The van der Waals surface area contributed by atoms with Crippen LogP contribution in [0.1, 0.15) is 30.6 Å². The van der Waals surface area contributed by atoms with Crippen molar-refractivity contribution in [2.75, 3.05) is 6.54 Å². The number of carbonyl (C=O) groups is 3. The van der Waals surface area contributed by atoms with Gasteiger partial charge in [-0.05, 0) is 35.7 Å². The van der Waals surface area contributed by atoms with Crippen LogP contribution in [0.15, 0.2) is 63.8 Å². The van der Waals surface area contributed by atoms with Gasteiger partial charge in [0.2, 0.25) is 5.91 Å². The Morgan fingerprint density at radius 2 is 1.78 bits per heavy atom. The van der Waals surface area contributed by atoms with Gasteiger partial charge in [-0.3, -0.25) is 14.4 Å². The van der Waals surface area contributed by atoms with Crippen molar-refractivity contribution in [1.29, 1.82) is 0 Å². The second-order valence-electron chi connectivity index (χ2n) is 7.70. The Hall–Kier alpha value is -3.94. The van der Waals surface area contributed by atoms with Crippen molar-refractivity contribution >= 4 is 28.8 Å². The number of carbonyl (C=O) groups excluding carboxylic acids is 2. The zero-order chi connectivity index (χ0) is 23.3. The molecule has 8 nitrogen and oxygen atoms in total. The average molecular weight is 436 g/mol. The Kier molecular flexibility index (Phi) is 7.04. The predicted octanol–water partition coefficient (Wildman–Crippen LogP) is 2.81.